The summed E-state index contributed by atoms with van der Waals surface area (Å²) in [5.41, 5.74) is 1.11. The molecule has 0 aliphatic carbocycles. The predicted molar refractivity (Wildman–Crippen MR) is 143 cm³/mol. The highest BCUT2D eigenvalue weighted by Gasteiger charge is 2.37. The van der Waals surface area contributed by atoms with Crippen LogP contribution >= 0.6 is 22.9 Å². The Balaban J connectivity index is 0.000000181. The number of aromatic nitrogens is 2. The lowest BCUT2D eigenvalue weighted by molar-refractivity contribution is -0.141. The molecule has 3 aromatic rings. The van der Waals surface area contributed by atoms with Crippen molar-refractivity contribution in [1.29, 1.82) is 0 Å². The Hall–Kier alpha value is -2.66. The van der Waals surface area contributed by atoms with E-state index in [-0.39, 0.29) is 17.6 Å². The third-order valence-corrected chi connectivity index (χ3v) is 7.77. The molecular formula is C27H30ClF3N4O2S. The molecule has 0 bridgehead atoms. The number of aliphatic hydroxyl groups is 1. The van der Waals surface area contributed by atoms with Crippen molar-refractivity contribution in [3.63, 3.8) is 0 Å². The normalized spacial score (nSPS) is 17.9. The van der Waals surface area contributed by atoms with E-state index < -0.39 is 11.9 Å². The number of hydrogen-bond acceptors (Lipinski definition) is 5. The molecule has 0 radical (unpaired) electrons. The predicted octanol–water partition coefficient (Wildman–Crippen LogP) is 5.50. The lowest BCUT2D eigenvalue weighted by Crippen LogP contribution is -2.34. The lowest BCUT2D eigenvalue weighted by atomic mass is 10.1. The molecule has 1 atom stereocenters. The first-order chi connectivity index (χ1) is 18.1. The van der Waals surface area contributed by atoms with Crippen LogP contribution in [0, 0.1) is 0 Å². The fourth-order valence-corrected chi connectivity index (χ4v) is 5.84. The average molecular weight is 567 g/mol. The molecular weight excluding hydrogens is 537 g/mol. The average Bonchev–Trinajstić information content (AvgIpc) is 3.61. The van der Waals surface area contributed by atoms with E-state index in [4.69, 9.17) is 11.6 Å². The molecule has 1 fully saturated rings. The monoisotopic (exact) mass is 566 g/mol. The summed E-state index contributed by atoms with van der Waals surface area (Å²) in [4.78, 5) is 17.4. The Morgan fingerprint density at radius 2 is 2.03 bits per heavy atom. The van der Waals surface area contributed by atoms with Crippen molar-refractivity contribution in [2.45, 2.75) is 45.1 Å². The maximum absolute atomic E-state index is 12.8. The molecule has 2 aliphatic heterocycles. The maximum Gasteiger partial charge on any atom is 0.435 e. The van der Waals surface area contributed by atoms with Gasteiger partial charge in [-0.15, -0.1) is 11.3 Å². The molecule has 38 heavy (non-hydrogen) atoms. The van der Waals surface area contributed by atoms with Gasteiger partial charge >= 0.3 is 6.18 Å². The molecule has 2 aliphatic rings. The number of β-amino-alcohol motifs (C(OH)–C–C–N with tert-alkyl or cyclic N) is 1. The molecule has 6 nitrogen and oxygen atoms in total. The molecule has 204 valence electrons. The van der Waals surface area contributed by atoms with Crippen LogP contribution in [0.4, 0.5) is 13.2 Å². The molecule has 1 unspecified atom stereocenters. The number of fused-ring (bicyclic) bond motifs is 1. The third-order valence-electron chi connectivity index (χ3n) is 6.47. The Morgan fingerprint density at radius 3 is 2.68 bits per heavy atom. The number of thiophene rings is 1. The van der Waals surface area contributed by atoms with E-state index >= 15 is 0 Å². The quantitative estimate of drug-likeness (QED) is 0.415. The van der Waals surface area contributed by atoms with E-state index in [0.717, 1.165) is 36.8 Å². The zero-order chi connectivity index (χ0) is 27.3. The third kappa shape index (κ3) is 7.25. The van der Waals surface area contributed by atoms with Gasteiger partial charge in [0, 0.05) is 55.4 Å². The minimum atomic E-state index is -4.43. The topological polar surface area (TPSA) is 61.6 Å². The van der Waals surface area contributed by atoms with Crippen LogP contribution in [-0.4, -0.2) is 62.9 Å². The highest BCUT2D eigenvalue weighted by atomic mass is 35.5. The van der Waals surface area contributed by atoms with Gasteiger partial charge in [-0.2, -0.15) is 18.3 Å². The molecule has 1 aromatic carbocycles. The molecule has 5 rings (SSSR count). The van der Waals surface area contributed by atoms with Gasteiger partial charge in [0.1, 0.15) is 0 Å². The molecule has 4 heterocycles. The highest BCUT2D eigenvalue weighted by molar-refractivity contribution is 7.16. The summed E-state index contributed by atoms with van der Waals surface area (Å²) >= 11 is 7.59. The zero-order valence-corrected chi connectivity index (χ0v) is 22.6. The number of likely N-dealkylation sites (tertiary alicyclic amines) is 1. The summed E-state index contributed by atoms with van der Waals surface area (Å²) in [6.45, 7) is 5.92. The van der Waals surface area contributed by atoms with Crippen molar-refractivity contribution in [2.75, 3.05) is 26.2 Å². The van der Waals surface area contributed by atoms with Gasteiger partial charge in [-0.25, -0.2) is 0 Å². The Bertz CT molecular complexity index is 1260. The fourth-order valence-electron chi connectivity index (χ4n) is 4.48. The summed E-state index contributed by atoms with van der Waals surface area (Å²) in [5.74, 6) is 0.0601. The molecule has 11 heteroatoms. The standard InChI is InChI=1S/C15H19ClN2O2S.C12H11F3N2/c16-14-8-11-3-7-18(10-13(11)21-14)15(20)2-1-5-17-6-4-12(19)9-17;1-2-17-8-10(9-6-4-3-5-7-9)11(16-17)12(13,14)15/h1-2,8,12,19H,3-7,9-10H2;3-8H,2H2,1H3/b2-1+;. The summed E-state index contributed by atoms with van der Waals surface area (Å²) in [7, 11) is 0. The van der Waals surface area contributed by atoms with Gasteiger partial charge in [-0.05, 0) is 37.0 Å². The van der Waals surface area contributed by atoms with Crippen molar-refractivity contribution in [3.8, 4) is 11.1 Å². The van der Waals surface area contributed by atoms with E-state index in [2.05, 4.69) is 10.00 Å². The summed E-state index contributed by atoms with van der Waals surface area (Å²) in [6, 6.07) is 10.5. The summed E-state index contributed by atoms with van der Waals surface area (Å²) in [6.07, 6.45) is 2.07. The smallest absolute Gasteiger partial charge is 0.392 e. The first-order valence-electron chi connectivity index (χ1n) is 12.5. The lowest BCUT2D eigenvalue weighted by Gasteiger charge is -2.25. The Labute approximate surface area is 228 Å². The number of aryl methyl sites for hydroxylation is 1. The van der Waals surface area contributed by atoms with E-state index in [1.807, 2.05) is 17.0 Å². The first-order valence-corrected chi connectivity index (χ1v) is 13.7. The van der Waals surface area contributed by atoms with Gasteiger partial charge in [-0.3, -0.25) is 14.4 Å². The van der Waals surface area contributed by atoms with Crippen LogP contribution < -0.4 is 0 Å². The van der Waals surface area contributed by atoms with E-state index in [1.54, 1.807) is 54.7 Å². The van der Waals surface area contributed by atoms with Crippen LogP contribution in [0.2, 0.25) is 4.34 Å². The number of aliphatic hydroxyl groups excluding tert-OH is 1. The SMILES string of the molecule is CCn1cc(-c2ccccc2)c(C(F)(F)F)n1.O=C(/C=C/CN1CCC(O)C1)N1CCc2cc(Cl)sc2C1. The summed E-state index contributed by atoms with van der Waals surface area (Å²) in [5, 5.41) is 13.0. The minimum absolute atomic E-state index is 0.0601. The van der Waals surface area contributed by atoms with Crippen molar-refractivity contribution in [1.82, 2.24) is 19.6 Å². The second-order valence-corrected chi connectivity index (χ2v) is 11.0. The molecule has 1 N–H and O–H groups in total. The van der Waals surface area contributed by atoms with Crippen LogP contribution in [0.25, 0.3) is 11.1 Å². The Morgan fingerprint density at radius 1 is 1.26 bits per heavy atom. The van der Waals surface area contributed by atoms with Crippen molar-refractivity contribution in [2.24, 2.45) is 0 Å². The highest BCUT2D eigenvalue weighted by Crippen LogP contribution is 2.36. The minimum Gasteiger partial charge on any atom is -0.392 e. The number of nitrogens with zero attached hydrogens (tertiary/aromatic N) is 4. The van der Waals surface area contributed by atoms with E-state index in [9.17, 15) is 23.1 Å². The maximum atomic E-state index is 12.8. The molecule has 0 spiro atoms. The van der Waals surface area contributed by atoms with Gasteiger partial charge in [0.05, 0.1) is 17.0 Å². The van der Waals surface area contributed by atoms with Gasteiger partial charge in [0.25, 0.3) is 0 Å². The van der Waals surface area contributed by atoms with Gasteiger partial charge in [0.15, 0.2) is 5.69 Å². The van der Waals surface area contributed by atoms with Crippen LogP contribution in [0.1, 0.15) is 29.5 Å². The van der Waals surface area contributed by atoms with Crippen LogP contribution in [0.5, 0.6) is 0 Å². The van der Waals surface area contributed by atoms with E-state index in [0.29, 0.717) is 25.2 Å². The van der Waals surface area contributed by atoms with Crippen molar-refractivity contribution < 1.29 is 23.1 Å². The molecule has 1 amide bonds. The fraction of sp³-hybridized carbons (Fsp3) is 0.407. The summed E-state index contributed by atoms with van der Waals surface area (Å²) < 4.78 is 40.5. The van der Waals surface area contributed by atoms with Gasteiger partial charge in [-0.1, -0.05) is 48.0 Å². The van der Waals surface area contributed by atoms with E-state index in [1.165, 1.54) is 21.3 Å². The number of alkyl halides is 3. The number of amides is 1. The van der Waals surface area contributed by atoms with Crippen LogP contribution in [-0.2, 0) is 30.5 Å². The second kappa shape index (κ2) is 12.5. The largest absolute Gasteiger partial charge is 0.435 e. The Kier molecular flexibility index (Phi) is 9.30. The molecule has 1 saturated heterocycles. The zero-order valence-electron chi connectivity index (χ0n) is 21.0. The first kappa shape index (κ1) is 28.4. The van der Waals surface area contributed by atoms with Gasteiger partial charge in [0.2, 0.25) is 5.91 Å². The number of benzene rings is 1. The number of rotatable bonds is 5. The van der Waals surface area contributed by atoms with Gasteiger partial charge < -0.3 is 10.0 Å². The number of hydrogen-bond donors (Lipinski definition) is 1. The number of carbonyl (C=O) groups is 1. The van der Waals surface area contributed by atoms with Crippen molar-refractivity contribution >= 4 is 28.8 Å². The number of carbonyl (C=O) groups excluding carboxylic acids is 1. The number of halogens is 4. The molecule has 2 aromatic heterocycles. The van der Waals surface area contributed by atoms with Crippen molar-refractivity contribution in [3.05, 3.63) is 75.2 Å². The molecule has 0 saturated carbocycles. The van der Waals surface area contributed by atoms with Crippen LogP contribution in [0.3, 0.4) is 0 Å². The van der Waals surface area contributed by atoms with Crippen LogP contribution in [0.15, 0.2) is 54.7 Å². The second-order valence-electron chi connectivity index (χ2n) is 9.22.